The standard InChI is InChI=1S/C14H26N2O2/c1-3-14(18)16-8-12(10(2)17)6-13(9-16)15-7-11-4-5-11/h10-13,15,17H,3-9H2,1-2H3. The molecule has 1 aliphatic carbocycles. The second-order valence-corrected chi connectivity index (χ2v) is 5.94. The van der Waals surface area contributed by atoms with Gasteiger partial charge in [-0.15, -0.1) is 0 Å². The third kappa shape index (κ3) is 3.69. The van der Waals surface area contributed by atoms with Crippen LogP contribution < -0.4 is 5.32 Å². The third-order valence-electron chi connectivity index (χ3n) is 4.21. The Morgan fingerprint density at radius 3 is 2.72 bits per heavy atom. The van der Waals surface area contributed by atoms with E-state index in [9.17, 15) is 9.90 Å². The molecule has 2 N–H and O–H groups in total. The molecule has 0 spiro atoms. The molecule has 1 saturated heterocycles. The second kappa shape index (κ2) is 6.02. The van der Waals surface area contributed by atoms with Crippen LogP contribution in [-0.2, 0) is 4.79 Å². The van der Waals surface area contributed by atoms with Gasteiger partial charge >= 0.3 is 0 Å². The van der Waals surface area contributed by atoms with Crippen molar-refractivity contribution in [3.8, 4) is 0 Å². The summed E-state index contributed by atoms with van der Waals surface area (Å²) < 4.78 is 0. The lowest BCUT2D eigenvalue weighted by Gasteiger charge is -2.39. The van der Waals surface area contributed by atoms with Gasteiger partial charge in [0.15, 0.2) is 0 Å². The number of rotatable bonds is 5. The molecule has 0 aromatic carbocycles. The van der Waals surface area contributed by atoms with Crippen LogP contribution in [0.3, 0.4) is 0 Å². The maximum absolute atomic E-state index is 11.8. The Kier molecular flexibility index (Phi) is 4.62. The topological polar surface area (TPSA) is 52.6 Å². The number of carbonyl (C=O) groups excluding carboxylic acids is 1. The fourth-order valence-corrected chi connectivity index (χ4v) is 2.72. The van der Waals surface area contributed by atoms with E-state index in [1.165, 1.54) is 12.8 Å². The minimum absolute atomic E-state index is 0.207. The van der Waals surface area contributed by atoms with E-state index in [2.05, 4.69) is 5.32 Å². The number of nitrogens with one attached hydrogen (secondary N) is 1. The SMILES string of the molecule is CCC(=O)N1CC(NCC2CC2)CC(C(C)O)C1. The van der Waals surface area contributed by atoms with Gasteiger partial charge in [0.1, 0.15) is 0 Å². The van der Waals surface area contributed by atoms with Crippen molar-refractivity contribution in [1.29, 1.82) is 0 Å². The number of amides is 1. The van der Waals surface area contributed by atoms with Crippen molar-refractivity contribution in [2.24, 2.45) is 11.8 Å². The first kappa shape index (κ1) is 13.8. The molecule has 0 bridgehead atoms. The van der Waals surface area contributed by atoms with Crippen molar-refractivity contribution >= 4 is 5.91 Å². The average molecular weight is 254 g/mol. The van der Waals surface area contributed by atoms with E-state index in [4.69, 9.17) is 0 Å². The molecule has 0 radical (unpaired) electrons. The van der Waals surface area contributed by atoms with E-state index in [-0.39, 0.29) is 17.9 Å². The summed E-state index contributed by atoms with van der Waals surface area (Å²) in [6, 6.07) is 0.356. The first-order valence-electron chi connectivity index (χ1n) is 7.29. The van der Waals surface area contributed by atoms with Crippen LogP contribution in [-0.4, -0.2) is 47.7 Å². The number of aliphatic hydroxyl groups excluding tert-OH is 1. The van der Waals surface area contributed by atoms with Crippen LogP contribution in [0.15, 0.2) is 0 Å². The summed E-state index contributed by atoms with van der Waals surface area (Å²) in [5.74, 6) is 1.27. The van der Waals surface area contributed by atoms with Gasteiger partial charge in [0, 0.05) is 31.5 Å². The number of piperidine rings is 1. The number of hydrogen-bond donors (Lipinski definition) is 2. The monoisotopic (exact) mass is 254 g/mol. The van der Waals surface area contributed by atoms with E-state index in [0.717, 1.165) is 25.4 Å². The lowest BCUT2D eigenvalue weighted by Crippen LogP contribution is -2.53. The molecule has 1 amide bonds. The highest BCUT2D eigenvalue weighted by Crippen LogP contribution is 2.28. The van der Waals surface area contributed by atoms with Crippen LogP contribution in [0.5, 0.6) is 0 Å². The maximum Gasteiger partial charge on any atom is 0.222 e. The number of carbonyl (C=O) groups is 1. The summed E-state index contributed by atoms with van der Waals surface area (Å²) in [7, 11) is 0. The summed E-state index contributed by atoms with van der Waals surface area (Å²) in [5.41, 5.74) is 0. The Bertz CT molecular complexity index is 290. The molecule has 4 nitrogen and oxygen atoms in total. The Morgan fingerprint density at radius 2 is 2.17 bits per heavy atom. The number of nitrogens with zero attached hydrogens (tertiary/aromatic N) is 1. The summed E-state index contributed by atoms with van der Waals surface area (Å²) in [5, 5.41) is 13.4. The molecule has 1 saturated carbocycles. The zero-order valence-corrected chi connectivity index (χ0v) is 11.6. The molecule has 4 heteroatoms. The first-order valence-corrected chi connectivity index (χ1v) is 7.29. The summed E-state index contributed by atoms with van der Waals surface area (Å²) >= 11 is 0. The van der Waals surface area contributed by atoms with E-state index in [1.807, 2.05) is 18.7 Å². The maximum atomic E-state index is 11.8. The number of hydrogen-bond acceptors (Lipinski definition) is 3. The molecule has 18 heavy (non-hydrogen) atoms. The van der Waals surface area contributed by atoms with Crippen LogP contribution >= 0.6 is 0 Å². The van der Waals surface area contributed by atoms with Gasteiger partial charge in [-0.2, -0.15) is 0 Å². The molecule has 1 aliphatic heterocycles. The highest BCUT2D eigenvalue weighted by molar-refractivity contribution is 5.76. The van der Waals surface area contributed by atoms with E-state index >= 15 is 0 Å². The Balaban J connectivity index is 1.89. The Labute approximate surface area is 110 Å². The van der Waals surface area contributed by atoms with Crippen molar-refractivity contribution < 1.29 is 9.90 Å². The molecular weight excluding hydrogens is 228 g/mol. The van der Waals surface area contributed by atoms with Gasteiger partial charge in [0.2, 0.25) is 5.91 Å². The predicted molar refractivity (Wildman–Crippen MR) is 71.2 cm³/mol. The van der Waals surface area contributed by atoms with Crippen LogP contribution in [0, 0.1) is 11.8 Å². The molecule has 2 rings (SSSR count). The molecule has 3 atom stereocenters. The molecular formula is C14H26N2O2. The lowest BCUT2D eigenvalue weighted by atomic mass is 9.90. The van der Waals surface area contributed by atoms with Gasteiger partial charge in [0.05, 0.1) is 6.10 Å². The van der Waals surface area contributed by atoms with Gasteiger partial charge in [-0.05, 0) is 38.6 Å². The van der Waals surface area contributed by atoms with E-state index < -0.39 is 0 Å². The number of aliphatic hydroxyl groups is 1. The quantitative estimate of drug-likeness (QED) is 0.769. The van der Waals surface area contributed by atoms with Crippen LogP contribution in [0.2, 0.25) is 0 Å². The molecule has 0 aromatic rings. The molecule has 2 aliphatic rings. The molecule has 3 unspecified atom stereocenters. The van der Waals surface area contributed by atoms with E-state index in [1.54, 1.807) is 0 Å². The number of likely N-dealkylation sites (tertiary alicyclic amines) is 1. The zero-order chi connectivity index (χ0) is 13.1. The molecule has 104 valence electrons. The minimum Gasteiger partial charge on any atom is -0.393 e. The minimum atomic E-state index is -0.331. The predicted octanol–water partition coefficient (Wildman–Crippen LogP) is 0.994. The largest absolute Gasteiger partial charge is 0.393 e. The Morgan fingerprint density at radius 1 is 1.44 bits per heavy atom. The third-order valence-corrected chi connectivity index (χ3v) is 4.21. The smallest absolute Gasteiger partial charge is 0.222 e. The van der Waals surface area contributed by atoms with Crippen LogP contribution in [0.4, 0.5) is 0 Å². The van der Waals surface area contributed by atoms with Crippen LogP contribution in [0.1, 0.15) is 39.5 Å². The van der Waals surface area contributed by atoms with Crippen molar-refractivity contribution in [2.75, 3.05) is 19.6 Å². The van der Waals surface area contributed by atoms with Crippen molar-refractivity contribution in [3.63, 3.8) is 0 Å². The normalized spacial score (nSPS) is 30.3. The molecule has 2 fully saturated rings. The summed E-state index contributed by atoms with van der Waals surface area (Å²) in [4.78, 5) is 13.8. The van der Waals surface area contributed by atoms with Gasteiger partial charge in [-0.3, -0.25) is 4.79 Å². The lowest BCUT2D eigenvalue weighted by molar-refractivity contribution is -0.134. The average Bonchev–Trinajstić information content (AvgIpc) is 3.19. The summed E-state index contributed by atoms with van der Waals surface area (Å²) in [6.07, 6.45) is 3.90. The molecule has 0 aromatic heterocycles. The van der Waals surface area contributed by atoms with Gasteiger partial charge in [-0.1, -0.05) is 6.92 Å². The van der Waals surface area contributed by atoms with Gasteiger partial charge in [-0.25, -0.2) is 0 Å². The van der Waals surface area contributed by atoms with Gasteiger partial charge in [0.25, 0.3) is 0 Å². The zero-order valence-electron chi connectivity index (χ0n) is 11.6. The molecule has 1 heterocycles. The highest BCUT2D eigenvalue weighted by atomic mass is 16.3. The van der Waals surface area contributed by atoms with Crippen LogP contribution in [0.25, 0.3) is 0 Å². The van der Waals surface area contributed by atoms with E-state index in [0.29, 0.717) is 19.0 Å². The Hall–Kier alpha value is -0.610. The van der Waals surface area contributed by atoms with Gasteiger partial charge < -0.3 is 15.3 Å². The first-order chi connectivity index (χ1) is 8.60. The fraction of sp³-hybridized carbons (Fsp3) is 0.929. The highest BCUT2D eigenvalue weighted by Gasteiger charge is 2.32. The fourth-order valence-electron chi connectivity index (χ4n) is 2.72. The van der Waals surface area contributed by atoms with Crippen molar-refractivity contribution in [3.05, 3.63) is 0 Å². The summed E-state index contributed by atoms with van der Waals surface area (Å²) in [6.45, 7) is 6.34. The van der Waals surface area contributed by atoms with Crippen molar-refractivity contribution in [1.82, 2.24) is 10.2 Å². The second-order valence-electron chi connectivity index (χ2n) is 5.94. The van der Waals surface area contributed by atoms with Crippen molar-refractivity contribution in [2.45, 2.75) is 51.7 Å².